The molecule has 0 aromatic carbocycles. The average molecular weight is 310 g/mol. The first kappa shape index (κ1) is 17.6. The molecule has 0 fully saturated rings. The fourth-order valence-corrected chi connectivity index (χ4v) is 2.21. The second-order valence-electron chi connectivity index (χ2n) is 4.53. The van der Waals surface area contributed by atoms with Crippen LogP contribution >= 0.6 is 11.8 Å². The van der Waals surface area contributed by atoms with Gasteiger partial charge in [-0.2, -0.15) is 11.8 Å². The van der Waals surface area contributed by atoms with Gasteiger partial charge in [-0.1, -0.05) is 6.07 Å². The Balaban J connectivity index is 2.42. The molecule has 0 amide bonds. The topological polar surface area (TPSA) is 58.5 Å². The summed E-state index contributed by atoms with van der Waals surface area (Å²) in [6.07, 6.45) is 6.33. The van der Waals surface area contributed by atoms with Crippen molar-refractivity contribution in [2.75, 3.05) is 32.2 Å². The van der Waals surface area contributed by atoms with Crippen LogP contribution in [0.1, 0.15) is 25.3 Å². The first-order chi connectivity index (χ1) is 10.3. The fraction of sp³-hybridized carbons (Fsp3) is 0.600. The molecule has 6 heteroatoms. The summed E-state index contributed by atoms with van der Waals surface area (Å²) in [5.74, 6) is 2.70. The zero-order valence-corrected chi connectivity index (χ0v) is 14.0. The van der Waals surface area contributed by atoms with E-state index in [1.165, 1.54) is 12.2 Å². The van der Waals surface area contributed by atoms with E-state index in [0.29, 0.717) is 12.4 Å². The lowest BCUT2D eigenvalue weighted by Crippen LogP contribution is -2.37. The van der Waals surface area contributed by atoms with E-state index in [2.05, 4.69) is 33.8 Å². The van der Waals surface area contributed by atoms with Gasteiger partial charge in [0.1, 0.15) is 0 Å². The number of hydrogen-bond donors (Lipinski definition) is 2. The molecule has 0 atom stereocenters. The number of guanidine groups is 1. The van der Waals surface area contributed by atoms with Crippen molar-refractivity contribution in [2.45, 2.75) is 26.3 Å². The van der Waals surface area contributed by atoms with Crippen LogP contribution < -0.4 is 15.4 Å². The molecule has 1 aromatic rings. The van der Waals surface area contributed by atoms with Crippen molar-refractivity contribution in [3.63, 3.8) is 0 Å². The Kier molecular flexibility index (Phi) is 9.44. The molecule has 0 bridgehead atoms. The summed E-state index contributed by atoms with van der Waals surface area (Å²) < 4.78 is 5.05. The first-order valence-corrected chi connectivity index (χ1v) is 8.69. The lowest BCUT2D eigenvalue weighted by atomic mass is 10.3. The summed E-state index contributed by atoms with van der Waals surface area (Å²) in [6.45, 7) is 4.49. The molecule has 0 saturated heterocycles. The SMILES string of the molecule is CCNC(=NCc1ccc(OC)nc1)NCCCCSC. The van der Waals surface area contributed by atoms with E-state index in [1.54, 1.807) is 13.3 Å². The highest BCUT2D eigenvalue weighted by Gasteiger charge is 1.98. The number of rotatable bonds is 9. The van der Waals surface area contributed by atoms with E-state index in [-0.39, 0.29) is 0 Å². The van der Waals surface area contributed by atoms with Crippen LogP contribution in [0.2, 0.25) is 0 Å². The predicted molar refractivity (Wildman–Crippen MR) is 91.2 cm³/mol. The number of nitrogens with one attached hydrogen (secondary N) is 2. The van der Waals surface area contributed by atoms with Crippen LogP contribution in [0.3, 0.4) is 0 Å². The minimum atomic E-state index is 0.608. The van der Waals surface area contributed by atoms with Gasteiger partial charge in [-0.3, -0.25) is 0 Å². The second-order valence-corrected chi connectivity index (χ2v) is 5.52. The van der Waals surface area contributed by atoms with Gasteiger partial charge in [0.25, 0.3) is 0 Å². The molecule has 2 N–H and O–H groups in total. The van der Waals surface area contributed by atoms with Crippen molar-refractivity contribution in [3.8, 4) is 5.88 Å². The van der Waals surface area contributed by atoms with E-state index < -0.39 is 0 Å². The minimum absolute atomic E-state index is 0.608. The Morgan fingerprint density at radius 3 is 2.81 bits per heavy atom. The number of thioether (sulfide) groups is 1. The van der Waals surface area contributed by atoms with Gasteiger partial charge in [-0.25, -0.2) is 9.98 Å². The summed E-state index contributed by atoms with van der Waals surface area (Å²) in [5.41, 5.74) is 1.07. The highest BCUT2D eigenvalue weighted by Crippen LogP contribution is 2.07. The Morgan fingerprint density at radius 1 is 1.33 bits per heavy atom. The highest BCUT2D eigenvalue weighted by atomic mass is 32.2. The Hall–Kier alpha value is -1.43. The van der Waals surface area contributed by atoms with Gasteiger partial charge >= 0.3 is 0 Å². The van der Waals surface area contributed by atoms with Gasteiger partial charge < -0.3 is 15.4 Å². The number of ether oxygens (including phenoxy) is 1. The molecule has 0 aliphatic rings. The molecule has 118 valence electrons. The molecule has 0 radical (unpaired) electrons. The fourth-order valence-electron chi connectivity index (χ4n) is 1.72. The maximum absolute atomic E-state index is 5.05. The maximum atomic E-state index is 5.05. The molecule has 1 heterocycles. The number of pyridine rings is 1. The van der Waals surface area contributed by atoms with E-state index in [9.17, 15) is 0 Å². The average Bonchev–Trinajstić information content (AvgIpc) is 2.52. The second kappa shape index (κ2) is 11.3. The number of nitrogens with zero attached hydrogens (tertiary/aromatic N) is 2. The maximum Gasteiger partial charge on any atom is 0.212 e. The van der Waals surface area contributed by atoms with Crippen LogP contribution in [0.15, 0.2) is 23.3 Å². The van der Waals surface area contributed by atoms with Crippen LogP contribution in [0, 0.1) is 0 Å². The van der Waals surface area contributed by atoms with E-state index in [0.717, 1.165) is 31.0 Å². The third-order valence-corrected chi connectivity index (χ3v) is 3.54. The van der Waals surface area contributed by atoms with E-state index in [1.807, 2.05) is 23.9 Å². The number of aromatic nitrogens is 1. The molecule has 0 saturated carbocycles. The summed E-state index contributed by atoms with van der Waals surface area (Å²) in [4.78, 5) is 8.75. The summed E-state index contributed by atoms with van der Waals surface area (Å²) in [5, 5.41) is 6.61. The monoisotopic (exact) mass is 310 g/mol. The van der Waals surface area contributed by atoms with Crippen molar-refractivity contribution in [2.24, 2.45) is 4.99 Å². The lowest BCUT2D eigenvalue weighted by Gasteiger charge is -2.11. The van der Waals surface area contributed by atoms with Crippen molar-refractivity contribution in [1.29, 1.82) is 0 Å². The van der Waals surface area contributed by atoms with Crippen molar-refractivity contribution < 1.29 is 4.74 Å². The van der Waals surface area contributed by atoms with Gasteiger partial charge in [0.15, 0.2) is 5.96 Å². The zero-order chi connectivity index (χ0) is 15.3. The highest BCUT2D eigenvalue weighted by molar-refractivity contribution is 7.98. The number of hydrogen-bond acceptors (Lipinski definition) is 4. The molecular formula is C15H26N4OS. The van der Waals surface area contributed by atoms with Crippen LogP contribution in [-0.2, 0) is 6.54 Å². The molecule has 1 rings (SSSR count). The van der Waals surface area contributed by atoms with Crippen molar-refractivity contribution in [1.82, 2.24) is 15.6 Å². The summed E-state index contributed by atoms with van der Waals surface area (Å²) >= 11 is 1.89. The Labute approximate surface area is 132 Å². The Morgan fingerprint density at radius 2 is 2.19 bits per heavy atom. The zero-order valence-electron chi connectivity index (χ0n) is 13.2. The predicted octanol–water partition coefficient (Wildman–Crippen LogP) is 2.29. The van der Waals surface area contributed by atoms with E-state index in [4.69, 9.17) is 4.74 Å². The smallest absolute Gasteiger partial charge is 0.212 e. The molecule has 1 aromatic heterocycles. The molecular weight excluding hydrogens is 284 g/mol. The molecule has 0 unspecified atom stereocenters. The normalized spacial score (nSPS) is 11.3. The van der Waals surface area contributed by atoms with Gasteiger partial charge in [0, 0.05) is 25.4 Å². The Bertz CT molecular complexity index is 409. The standard InChI is InChI=1S/C15H26N4OS/c1-4-16-15(17-9-5-6-10-21-3)19-12-13-7-8-14(20-2)18-11-13/h7-8,11H,4-6,9-10,12H2,1-3H3,(H2,16,17,19). The largest absolute Gasteiger partial charge is 0.481 e. The van der Waals surface area contributed by atoms with Crippen molar-refractivity contribution in [3.05, 3.63) is 23.9 Å². The van der Waals surface area contributed by atoms with Gasteiger partial charge in [-0.05, 0) is 37.3 Å². The van der Waals surface area contributed by atoms with Gasteiger partial charge in [0.2, 0.25) is 5.88 Å². The molecule has 21 heavy (non-hydrogen) atoms. The first-order valence-electron chi connectivity index (χ1n) is 7.30. The van der Waals surface area contributed by atoms with E-state index >= 15 is 0 Å². The molecule has 0 spiro atoms. The quantitative estimate of drug-likeness (QED) is 0.416. The van der Waals surface area contributed by atoms with Crippen LogP contribution in [0.25, 0.3) is 0 Å². The molecule has 0 aliphatic carbocycles. The number of methoxy groups -OCH3 is 1. The molecule has 5 nitrogen and oxygen atoms in total. The van der Waals surface area contributed by atoms with Gasteiger partial charge in [-0.15, -0.1) is 0 Å². The summed E-state index contributed by atoms with van der Waals surface area (Å²) in [7, 11) is 1.62. The number of unbranched alkanes of at least 4 members (excludes halogenated alkanes) is 1. The lowest BCUT2D eigenvalue weighted by molar-refractivity contribution is 0.397. The van der Waals surface area contributed by atoms with Crippen LogP contribution in [0.4, 0.5) is 0 Å². The minimum Gasteiger partial charge on any atom is -0.481 e. The number of aliphatic imine (C=N–C) groups is 1. The summed E-state index contributed by atoms with van der Waals surface area (Å²) in [6, 6.07) is 3.84. The molecule has 0 aliphatic heterocycles. The van der Waals surface area contributed by atoms with Crippen LogP contribution in [-0.4, -0.2) is 43.2 Å². The van der Waals surface area contributed by atoms with Crippen molar-refractivity contribution >= 4 is 17.7 Å². The third kappa shape index (κ3) is 7.80. The van der Waals surface area contributed by atoms with Crippen LogP contribution in [0.5, 0.6) is 5.88 Å². The third-order valence-electron chi connectivity index (χ3n) is 2.84. The van der Waals surface area contributed by atoms with Gasteiger partial charge in [0.05, 0.1) is 13.7 Å².